The van der Waals surface area contributed by atoms with E-state index in [2.05, 4.69) is 0 Å². The quantitative estimate of drug-likeness (QED) is 0.755. The van der Waals surface area contributed by atoms with E-state index in [1.807, 2.05) is 0 Å². The summed E-state index contributed by atoms with van der Waals surface area (Å²) in [6, 6.07) is 5.29. The van der Waals surface area contributed by atoms with E-state index in [-0.39, 0.29) is 21.2 Å². The van der Waals surface area contributed by atoms with Gasteiger partial charge in [0.2, 0.25) is 0 Å². The molecular formula is C16H14Cl2F2O. The van der Waals surface area contributed by atoms with Crippen LogP contribution in [0.4, 0.5) is 8.78 Å². The first-order valence-corrected chi connectivity index (χ1v) is 7.04. The second kappa shape index (κ2) is 5.56. The van der Waals surface area contributed by atoms with E-state index >= 15 is 0 Å². The van der Waals surface area contributed by atoms with E-state index < -0.39 is 17.2 Å². The summed E-state index contributed by atoms with van der Waals surface area (Å²) >= 11 is 11.7. The first-order chi connectivity index (χ1) is 9.64. The highest BCUT2D eigenvalue weighted by molar-refractivity contribution is 6.35. The Hall–Kier alpha value is -1.16. The first-order valence-electron chi connectivity index (χ1n) is 6.29. The van der Waals surface area contributed by atoms with Crippen LogP contribution >= 0.6 is 23.2 Å². The molecule has 21 heavy (non-hydrogen) atoms. The molecule has 1 nitrogen and oxygen atoms in total. The van der Waals surface area contributed by atoms with Gasteiger partial charge in [0.25, 0.3) is 0 Å². The summed E-state index contributed by atoms with van der Waals surface area (Å²) in [6.45, 7) is 4.81. The number of hydrogen-bond acceptors (Lipinski definition) is 1. The van der Waals surface area contributed by atoms with Gasteiger partial charge in [0.15, 0.2) is 0 Å². The Bertz CT molecular complexity index is 689. The summed E-state index contributed by atoms with van der Waals surface area (Å²) in [4.78, 5) is 0. The minimum absolute atomic E-state index is 0.0664. The second-order valence-electron chi connectivity index (χ2n) is 5.26. The van der Waals surface area contributed by atoms with Gasteiger partial charge in [0, 0.05) is 16.1 Å². The first kappa shape index (κ1) is 16.2. The third kappa shape index (κ3) is 2.91. The minimum atomic E-state index is -1.77. The van der Waals surface area contributed by atoms with E-state index in [1.165, 1.54) is 19.1 Å². The zero-order chi connectivity index (χ0) is 15.9. The van der Waals surface area contributed by atoms with Gasteiger partial charge >= 0.3 is 0 Å². The van der Waals surface area contributed by atoms with Gasteiger partial charge in [-0.1, -0.05) is 29.3 Å². The lowest BCUT2D eigenvalue weighted by Crippen LogP contribution is -2.26. The number of halogens is 4. The number of benzene rings is 2. The predicted molar refractivity (Wildman–Crippen MR) is 81.0 cm³/mol. The maximum absolute atomic E-state index is 14.3. The lowest BCUT2D eigenvalue weighted by Gasteiger charge is -2.28. The van der Waals surface area contributed by atoms with Gasteiger partial charge in [-0.05, 0) is 50.1 Å². The van der Waals surface area contributed by atoms with E-state index in [0.717, 1.165) is 11.6 Å². The lowest BCUT2D eigenvalue weighted by atomic mass is 9.84. The second-order valence-corrected chi connectivity index (χ2v) is 6.07. The Morgan fingerprint density at radius 2 is 1.57 bits per heavy atom. The van der Waals surface area contributed by atoms with Crippen molar-refractivity contribution in [3.63, 3.8) is 0 Å². The van der Waals surface area contributed by atoms with E-state index in [9.17, 15) is 13.9 Å². The van der Waals surface area contributed by atoms with Gasteiger partial charge in [-0.3, -0.25) is 0 Å². The van der Waals surface area contributed by atoms with E-state index in [1.54, 1.807) is 19.9 Å². The molecule has 0 saturated carbocycles. The molecule has 0 radical (unpaired) electrons. The van der Waals surface area contributed by atoms with Crippen LogP contribution in [0.3, 0.4) is 0 Å². The largest absolute Gasteiger partial charge is 0.381 e. The summed E-state index contributed by atoms with van der Waals surface area (Å²) in [5.74, 6) is -1.29. The zero-order valence-electron chi connectivity index (χ0n) is 11.8. The summed E-state index contributed by atoms with van der Waals surface area (Å²) in [6.07, 6.45) is 0. The molecule has 0 saturated heterocycles. The van der Waals surface area contributed by atoms with Crippen LogP contribution < -0.4 is 0 Å². The standard InChI is InChI=1S/C16H14Cl2F2O/c1-8-4-9(2)15(14(20)5-8)16(3,21)10-6-13(19)12(18)7-11(10)17/h4-7,21H,1-3H3. The fourth-order valence-corrected chi connectivity index (χ4v) is 3.13. The molecular weight excluding hydrogens is 317 g/mol. The van der Waals surface area contributed by atoms with Crippen LogP contribution in [-0.2, 0) is 5.60 Å². The molecule has 2 aromatic rings. The molecule has 0 aliphatic rings. The predicted octanol–water partition coefficient (Wildman–Crippen LogP) is 5.14. The molecule has 1 atom stereocenters. The number of aliphatic hydroxyl groups is 1. The maximum Gasteiger partial charge on any atom is 0.142 e. The van der Waals surface area contributed by atoms with Crippen molar-refractivity contribution in [2.75, 3.05) is 0 Å². The van der Waals surface area contributed by atoms with Crippen LogP contribution in [0.25, 0.3) is 0 Å². The van der Waals surface area contributed by atoms with E-state index in [4.69, 9.17) is 23.2 Å². The summed E-state index contributed by atoms with van der Waals surface area (Å²) in [5.41, 5.74) is -0.347. The van der Waals surface area contributed by atoms with Gasteiger partial charge in [-0.25, -0.2) is 8.78 Å². The third-order valence-electron chi connectivity index (χ3n) is 3.45. The van der Waals surface area contributed by atoms with Crippen LogP contribution in [0.1, 0.15) is 29.2 Å². The van der Waals surface area contributed by atoms with E-state index in [0.29, 0.717) is 5.56 Å². The molecule has 0 aromatic heterocycles. The highest BCUT2D eigenvalue weighted by atomic mass is 35.5. The van der Waals surface area contributed by atoms with Crippen molar-refractivity contribution in [1.29, 1.82) is 0 Å². The number of aryl methyl sites for hydroxylation is 2. The molecule has 0 spiro atoms. The van der Waals surface area contributed by atoms with Crippen LogP contribution in [0, 0.1) is 25.5 Å². The van der Waals surface area contributed by atoms with Gasteiger partial charge in [-0.2, -0.15) is 0 Å². The Balaban J connectivity index is 2.71. The molecule has 112 valence electrons. The molecule has 1 unspecified atom stereocenters. The molecule has 1 N–H and O–H groups in total. The average molecular weight is 331 g/mol. The highest BCUT2D eigenvalue weighted by Gasteiger charge is 2.33. The van der Waals surface area contributed by atoms with Crippen LogP contribution in [0.15, 0.2) is 24.3 Å². The molecule has 0 heterocycles. The topological polar surface area (TPSA) is 20.2 Å². The number of hydrogen-bond donors (Lipinski definition) is 1. The van der Waals surface area contributed by atoms with Gasteiger partial charge in [0.1, 0.15) is 17.2 Å². The molecule has 2 aromatic carbocycles. The maximum atomic E-state index is 14.3. The van der Waals surface area contributed by atoms with Crippen molar-refractivity contribution >= 4 is 23.2 Å². The van der Waals surface area contributed by atoms with Crippen LogP contribution in [0.5, 0.6) is 0 Å². The Morgan fingerprint density at radius 1 is 0.952 bits per heavy atom. The summed E-state index contributed by atoms with van der Waals surface area (Å²) < 4.78 is 28.0. The molecule has 0 amide bonds. The highest BCUT2D eigenvalue weighted by Crippen LogP contribution is 2.39. The van der Waals surface area contributed by atoms with Crippen LogP contribution in [0.2, 0.25) is 10.0 Å². The molecule has 0 aliphatic carbocycles. The molecule has 0 bridgehead atoms. The van der Waals surface area contributed by atoms with Crippen molar-refractivity contribution < 1.29 is 13.9 Å². The Kier molecular flexibility index (Phi) is 4.29. The molecule has 0 aliphatic heterocycles. The minimum Gasteiger partial charge on any atom is -0.381 e. The third-order valence-corrected chi connectivity index (χ3v) is 4.06. The SMILES string of the molecule is Cc1cc(C)c(C(C)(O)c2cc(F)c(Cl)cc2Cl)c(F)c1. The van der Waals surface area contributed by atoms with Crippen molar-refractivity contribution in [3.8, 4) is 0 Å². The summed E-state index contributed by atoms with van der Waals surface area (Å²) in [7, 11) is 0. The smallest absolute Gasteiger partial charge is 0.142 e. The Morgan fingerprint density at radius 3 is 2.14 bits per heavy atom. The van der Waals surface area contributed by atoms with Gasteiger partial charge in [0.05, 0.1) is 5.02 Å². The lowest BCUT2D eigenvalue weighted by molar-refractivity contribution is 0.0969. The number of rotatable bonds is 2. The molecule has 2 rings (SSSR count). The van der Waals surface area contributed by atoms with Crippen molar-refractivity contribution in [2.24, 2.45) is 0 Å². The average Bonchev–Trinajstić information content (AvgIpc) is 2.31. The van der Waals surface area contributed by atoms with Crippen LogP contribution in [-0.4, -0.2) is 5.11 Å². The fraction of sp³-hybridized carbons (Fsp3) is 0.250. The zero-order valence-corrected chi connectivity index (χ0v) is 13.3. The van der Waals surface area contributed by atoms with Gasteiger partial charge < -0.3 is 5.11 Å². The van der Waals surface area contributed by atoms with Crippen molar-refractivity contribution in [1.82, 2.24) is 0 Å². The molecule has 5 heteroatoms. The Labute approximate surface area is 132 Å². The van der Waals surface area contributed by atoms with Gasteiger partial charge in [-0.15, -0.1) is 0 Å². The monoisotopic (exact) mass is 330 g/mol. The molecule has 0 fully saturated rings. The normalized spacial score (nSPS) is 14.1. The van der Waals surface area contributed by atoms with Crippen molar-refractivity contribution in [3.05, 3.63) is 68.2 Å². The fourth-order valence-electron chi connectivity index (χ4n) is 2.56. The summed E-state index contributed by atoms with van der Waals surface area (Å²) in [5, 5.41) is 10.7. The van der Waals surface area contributed by atoms with Crippen molar-refractivity contribution in [2.45, 2.75) is 26.4 Å².